The van der Waals surface area contributed by atoms with Crippen LogP contribution in [0.2, 0.25) is 0 Å². The highest BCUT2D eigenvalue weighted by molar-refractivity contribution is 5.94. The molecular weight excluding hydrogens is 190 g/mol. The van der Waals surface area contributed by atoms with Crippen LogP contribution in [-0.2, 0) is 13.5 Å². The molecule has 1 saturated carbocycles. The molecule has 2 rings (SSSR count). The van der Waals surface area contributed by atoms with E-state index in [1.165, 1.54) is 0 Å². The summed E-state index contributed by atoms with van der Waals surface area (Å²) in [6, 6.07) is 0.379. The lowest BCUT2D eigenvalue weighted by Crippen LogP contribution is -2.28. The van der Waals surface area contributed by atoms with Crippen LogP contribution in [0.15, 0.2) is 18.9 Å². The number of aromatic nitrogens is 2. The summed E-state index contributed by atoms with van der Waals surface area (Å²) in [6.45, 7) is 3.67. The molecule has 0 saturated heterocycles. The molecule has 80 valence electrons. The second kappa shape index (κ2) is 3.88. The van der Waals surface area contributed by atoms with Crippen molar-refractivity contribution in [2.75, 3.05) is 0 Å². The summed E-state index contributed by atoms with van der Waals surface area (Å²) in [6.07, 6.45) is 6.39. The molecule has 1 aliphatic rings. The molecule has 1 amide bonds. The number of aryl methyl sites for hydroxylation is 1. The highest BCUT2D eigenvalue weighted by Crippen LogP contribution is 2.20. The topological polar surface area (TPSA) is 46.9 Å². The molecule has 0 atom stereocenters. The van der Waals surface area contributed by atoms with E-state index < -0.39 is 0 Å². The third kappa shape index (κ3) is 2.09. The summed E-state index contributed by atoms with van der Waals surface area (Å²) in [5.41, 5.74) is 1.59. The van der Waals surface area contributed by atoms with Gasteiger partial charge in [0.2, 0.25) is 0 Å². The summed E-state index contributed by atoms with van der Waals surface area (Å²) in [4.78, 5) is 11.9. The van der Waals surface area contributed by atoms with Crippen LogP contribution in [0.25, 0.3) is 0 Å². The van der Waals surface area contributed by atoms with E-state index in [-0.39, 0.29) is 5.91 Å². The Labute approximate surface area is 89.0 Å². The second-order valence-electron chi connectivity index (χ2n) is 3.88. The maximum Gasteiger partial charge on any atom is 0.270 e. The summed E-state index contributed by atoms with van der Waals surface area (Å²) in [7, 11) is 1.79. The Hall–Kier alpha value is -1.58. The summed E-state index contributed by atoms with van der Waals surface area (Å²) in [5.74, 6) is -0.0191. The van der Waals surface area contributed by atoms with E-state index in [2.05, 4.69) is 17.0 Å². The second-order valence-corrected chi connectivity index (χ2v) is 3.88. The van der Waals surface area contributed by atoms with Crippen LogP contribution >= 0.6 is 0 Å². The number of carbonyl (C=O) groups excluding carboxylic acids is 1. The Kier molecular flexibility index (Phi) is 2.58. The molecule has 1 aliphatic carbocycles. The van der Waals surface area contributed by atoms with Gasteiger partial charge in [-0.1, -0.05) is 6.08 Å². The minimum atomic E-state index is -0.0191. The van der Waals surface area contributed by atoms with E-state index in [9.17, 15) is 4.79 Å². The van der Waals surface area contributed by atoms with Crippen LogP contribution in [0, 0.1) is 0 Å². The monoisotopic (exact) mass is 205 g/mol. The standard InChI is InChI=1S/C11H15N3O/c1-3-4-8-7-12-14(2)10(8)11(15)13-9-5-6-9/h3,7,9H,1,4-6H2,2H3,(H,13,15). The number of hydrogen-bond acceptors (Lipinski definition) is 2. The zero-order valence-electron chi connectivity index (χ0n) is 8.86. The number of allylic oxidation sites excluding steroid dienone is 1. The van der Waals surface area contributed by atoms with Crippen LogP contribution in [0.4, 0.5) is 0 Å². The van der Waals surface area contributed by atoms with Gasteiger partial charge in [0.25, 0.3) is 5.91 Å². The molecule has 1 fully saturated rings. The predicted molar refractivity (Wildman–Crippen MR) is 57.6 cm³/mol. The minimum absolute atomic E-state index is 0.0191. The lowest BCUT2D eigenvalue weighted by molar-refractivity contribution is 0.0941. The van der Waals surface area contributed by atoms with Crippen molar-refractivity contribution in [2.45, 2.75) is 25.3 Å². The average Bonchev–Trinajstić information content (AvgIpc) is 2.91. The minimum Gasteiger partial charge on any atom is -0.348 e. The first kappa shape index (κ1) is 9.96. The molecule has 0 aromatic carbocycles. The van der Waals surface area contributed by atoms with E-state index in [1.807, 2.05) is 0 Å². The molecule has 1 N–H and O–H groups in total. The van der Waals surface area contributed by atoms with Crippen molar-refractivity contribution in [3.05, 3.63) is 30.1 Å². The predicted octanol–water partition coefficient (Wildman–Crippen LogP) is 1.04. The first-order chi connectivity index (χ1) is 7.22. The lowest BCUT2D eigenvalue weighted by Gasteiger charge is -2.05. The van der Waals surface area contributed by atoms with Crippen molar-refractivity contribution in [2.24, 2.45) is 7.05 Å². The first-order valence-corrected chi connectivity index (χ1v) is 5.15. The zero-order chi connectivity index (χ0) is 10.8. The Balaban J connectivity index is 2.19. The van der Waals surface area contributed by atoms with Crippen molar-refractivity contribution >= 4 is 5.91 Å². The molecule has 0 radical (unpaired) electrons. The number of nitrogens with one attached hydrogen (secondary N) is 1. The summed E-state index contributed by atoms with van der Waals surface area (Å²) >= 11 is 0. The number of rotatable bonds is 4. The first-order valence-electron chi connectivity index (χ1n) is 5.15. The van der Waals surface area contributed by atoms with Gasteiger partial charge in [-0.3, -0.25) is 9.48 Å². The van der Waals surface area contributed by atoms with Gasteiger partial charge in [-0.05, 0) is 19.3 Å². The Morgan fingerprint density at radius 3 is 3.13 bits per heavy atom. The Bertz CT molecular complexity index is 391. The Morgan fingerprint density at radius 1 is 1.80 bits per heavy atom. The van der Waals surface area contributed by atoms with Crippen LogP contribution < -0.4 is 5.32 Å². The van der Waals surface area contributed by atoms with Gasteiger partial charge < -0.3 is 5.32 Å². The lowest BCUT2D eigenvalue weighted by atomic mass is 10.1. The normalized spacial score (nSPS) is 15.0. The van der Waals surface area contributed by atoms with Gasteiger partial charge >= 0.3 is 0 Å². The van der Waals surface area contributed by atoms with E-state index in [1.54, 1.807) is 24.0 Å². The summed E-state index contributed by atoms with van der Waals surface area (Å²) in [5, 5.41) is 7.05. The van der Waals surface area contributed by atoms with Crippen LogP contribution in [0.1, 0.15) is 28.9 Å². The van der Waals surface area contributed by atoms with Crippen molar-refractivity contribution < 1.29 is 4.79 Å². The van der Waals surface area contributed by atoms with Crippen molar-refractivity contribution in [3.8, 4) is 0 Å². The highest BCUT2D eigenvalue weighted by atomic mass is 16.2. The average molecular weight is 205 g/mol. The molecule has 1 aromatic heterocycles. The van der Waals surface area contributed by atoms with Gasteiger partial charge in [0.15, 0.2) is 0 Å². The van der Waals surface area contributed by atoms with E-state index >= 15 is 0 Å². The Morgan fingerprint density at radius 2 is 2.53 bits per heavy atom. The molecule has 0 unspecified atom stereocenters. The van der Waals surface area contributed by atoms with Crippen molar-refractivity contribution in [1.82, 2.24) is 15.1 Å². The van der Waals surface area contributed by atoms with Crippen molar-refractivity contribution in [3.63, 3.8) is 0 Å². The van der Waals surface area contributed by atoms with Crippen LogP contribution in [0.3, 0.4) is 0 Å². The zero-order valence-corrected chi connectivity index (χ0v) is 8.86. The maximum absolute atomic E-state index is 11.9. The smallest absolute Gasteiger partial charge is 0.270 e. The number of nitrogens with zero attached hydrogens (tertiary/aromatic N) is 2. The fraction of sp³-hybridized carbons (Fsp3) is 0.455. The van der Waals surface area contributed by atoms with Crippen LogP contribution in [0.5, 0.6) is 0 Å². The largest absolute Gasteiger partial charge is 0.348 e. The van der Waals surface area contributed by atoms with E-state index in [0.29, 0.717) is 18.2 Å². The molecule has 0 spiro atoms. The number of amides is 1. The van der Waals surface area contributed by atoms with Crippen LogP contribution in [-0.4, -0.2) is 21.7 Å². The molecule has 1 heterocycles. The third-order valence-electron chi connectivity index (χ3n) is 2.51. The fourth-order valence-electron chi connectivity index (χ4n) is 1.56. The van der Waals surface area contributed by atoms with Gasteiger partial charge in [0.05, 0.1) is 6.20 Å². The highest BCUT2D eigenvalue weighted by Gasteiger charge is 2.26. The molecule has 1 aromatic rings. The molecule has 15 heavy (non-hydrogen) atoms. The van der Waals surface area contributed by atoms with Gasteiger partial charge in [-0.2, -0.15) is 5.10 Å². The molecule has 4 nitrogen and oxygen atoms in total. The van der Waals surface area contributed by atoms with E-state index in [4.69, 9.17) is 0 Å². The van der Waals surface area contributed by atoms with Gasteiger partial charge in [-0.25, -0.2) is 0 Å². The fourth-order valence-corrected chi connectivity index (χ4v) is 1.56. The molecule has 0 bridgehead atoms. The number of carbonyl (C=O) groups is 1. The number of hydrogen-bond donors (Lipinski definition) is 1. The quantitative estimate of drug-likeness (QED) is 0.746. The van der Waals surface area contributed by atoms with Gasteiger partial charge in [0.1, 0.15) is 5.69 Å². The van der Waals surface area contributed by atoms with Gasteiger partial charge in [-0.15, -0.1) is 6.58 Å². The summed E-state index contributed by atoms with van der Waals surface area (Å²) < 4.78 is 1.62. The van der Waals surface area contributed by atoms with Crippen molar-refractivity contribution in [1.29, 1.82) is 0 Å². The SMILES string of the molecule is C=CCc1cnn(C)c1C(=O)NC1CC1. The van der Waals surface area contributed by atoms with Gasteiger partial charge in [0, 0.05) is 18.7 Å². The third-order valence-corrected chi connectivity index (χ3v) is 2.51. The molecule has 4 heteroatoms. The molecular formula is C11H15N3O. The van der Waals surface area contributed by atoms with E-state index in [0.717, 1.165) is 18.4 Å². The molecule has 0 aliphatic heterocycles. The maximum atomic E-state index is 11.9.